The molecule has 2 aliphatic rings. The Morgan fingerprint density at radius 3 is 2.74 bits per heavy atom. The molecule has 1 aromatic carbocycles. The first-order valence-electron chi connectivity index (χ1n) is 9.96. The highest BCUT2D eigenvalue weighted by Crippen LogP contribution is 2.35. The number of aliphatic hydroxyl groups is 1. The molecule has 2 saturated heterocycles. The lowest BCUT2D eigenvalue weighted by Gasteiger charge is -2.41. The van der Waals surface area contributed by atoms with Gasteiger partial charge in [-0.15, -0.1) is 0 Å². The van der Waals surface area contributed by atoms with Crippen molar-refractivity contribution < 1.29 is 9.90 Å². The predicted octanol–water partition coefficient (Wildman–Crippen LogP) is 2.08. The van der Waals surface area contributed by atoms with Crippen molar-refractivity contribution >= 4 is 5.91 Å². The van der Waals surface area contributed by atoms with E-state index in [4.69, 9.17) is 0 Å². The fourth-order valence-corrected chi connectivity index (χ4v) is 4.59. The molecule has 2 atom stereocenters. The van der Waals surface area contributed by atoms with E-state index >= 15 is 0 Å². The van der Waals surface area contributed by atoms with Crippen LogP contribution in [0.15, 0.2) is 48.8 Å². The summed E-state index contributed by atoms with van der Waals surface area (Å²) in [6.07, 6.45) is 7.14. The minimum Gasteiger partial charge on any atom is -0.388 e. The first-order chi connectivity index (χ1) is 13.2. The number of hydrogen-bond donors (Lipinski definition) is 2. The highest BCUT2D eigenvalue weighted by molar-refractivity contribution is 5.85. The summed E-state index contributed by atoms with van der Waals surface area (Å²) in [6, 6.07) is 11.7. The molecule has 2 fully saturated rings. The van der Waals surface area contributed by atoms with Crippen molar-refractivity contribution in [1.29, 1.82) is 0 Å². The van der Waals surface area contributed by atoms with Crippen molar-refractivity contribution in [2.75, 3.05) is 19.6 Å². The van der Waals surface area contributed by atoms with Crippen LogP contribution in [0.1, 0.15) is 43.8 Å². The maximum atomic E-state index is 13.7. The molecular formula is C21H28N4O2. The number of carbonyl (C=O) groups excluding carboxylic acids is 1. The molecule has 2 unspecified atom stereocenters. The van der Waals surface area contributed by atoms with E-state index < -0.39 is 11.6 Å². The Kier molecular flexibility index (Phi) is 5.27. The van der Waals surface area contributed by atoms with Crippen molar-refractivity contribution in [3.05, 3.63) is 54.4 Å². The van der Waals surface area contributed by atoms with E-state index in [1.54, 1.807) is 6.20 Å². The molecule has 0 radical (unpaired) electrons. The van der Waals surface area contributed by atoms with Crippen LogP contribution >= 0.6 is 0 Å². The number of nitrogens with zero attached hydrogens (tertiary/aromatic N) is 3. The van der Waals surface area contributed by atoms with Crippen molar-refractivity contribution in [3.63, 3.8) is 0 Å². The Morgan fingerprint density at radius 1 is 1.26 bits per heavy atom. The number of carbonyl (C=O) groups is 1. The number of benzene rings is 1. The molecular weight excluding hydrogens is 340 g/mol. The van der Waals surface area contributed by atoms with Crippen LogP contribution < -0.4 is 5.32 Å². The SMILES string of the molecule is O=C(N1CCCC1CC(O)c1ccccc1)C1(n2cccn2)CCNCC1. The largest absolute Gasteiger partial charge is 0.388 e. The number of piperidine rings is 1. The highest BCUT2D eigenvalue weighted by atomic mass is 16.3. The normalized spacial score (nSPS) is 23.3. The summed E-state index contributed by atoms with van der Waals surface area (Å²) in [5.74, 6) is 0.162. The Balaban J connectivity index is 1.54. The fraction of sp³-hybridized carbons (Fsp3) is 0.524. The van der Waals surface area contributed by atoms with Crippen LogP contribution in [0.2, 0.25) is 0 Å². The second kappa shape index (κ2) is 7.82. The van der Waals surface area contributed by atoms with E-state index in [-0.39, 0.29) is 11.9 Å². The van der Waals surface area contributed by atoms with Gasteiger partial charge in [0.1, 0.15) is 5.54 Å². The molecule has 1 aromatic heterocycles. The minimum atomic E-state index is -0.602. The highest BCUT2D eigenvalue weighted by Gasteiger charge is 2.47. The van der Waals surface area contributed by atoms with Crippen LogP contribution in [0, 0.1) is 0 Å². The molecule has 1 amide bonds. The van der Waals surface area contributed by atoms with Gasteiger partial charge in [0.25, 0.3) is 5.91 Å². The molecule has 6 nitrogen and oxygen atoms in total. The monoisotopic (exact) mass is 368 g/mol. The summed E-state index contributed by atoms with van der Waals surface area (Å²) < 4.78 is 1.86. The average Bonchev–Trinajstić information content (AvgIpc) is 3.41. The Hall–Kier alpha value is -2.18. The summed E-state index contributed by atoms with van der Waals surface area (Å²) in [6.45, 7) is 2.40. The van der Waals surface area contributed by atoms with Gasteiger partial charge in [0.15, 0.2) is 0 Å². The lowest BCUT2D eigenvalue weighted by Crippen LogP contribution is -2.56. The fourth-order valence-electron chi connectivity index (χ4n) is 4.59. The van der Waals surface area contributed by atoms with Crippen LogP contribution in [-0.4, -0.2) is 51.4 Å². The predicted molar refractivity (Wildman–Crippen MR) is 103 cm³/mol. The van der Waals surface area contributed by atoms with E-state index in [0.29, 0.717) is 6.42 Å². The van der Waals surface area contributed by atoms with Gasteiger partial charge in [0, 0.05) is 25.0 Å². The van der Waals surface area contributed by atoms with Gasteiger partial charge >= 0.3 is 0 Å². The first kappa shape index (κ1) is 18.2. The van der Waals surface area contributed by atoms with Gasteiger partial charge in [0.05, 0.1) is 6.10 Å². The van der Waals surface area contributed by atoms with Crippen molar-refractivity contribution in [1.82, 2.24) is 20.0 Å². The van der Waals surface area contributed by atoms with Gasteiger partial charge in [0.2, 0.25) is 0 Å². The quantitative estimate of drug-likeness (QED) is 0.848. The first-order valence-corrected chi connectivity index (χ1v) is 9.96. The van der Waals surface area contributed by atoms with Crippen LogP contribution in [0.5, 0.6) is 0 Å². The van der Waals surface area contributed by atoms with Crippen LogP contribution in [0.3, 0.4) is 0 Å². The zero-order chi connectivity index (χ0) is 18.7. The Morgan fingerprint density at radius 2 is 2.04 bits per heavy atom. The summed E-state index contributed by atoms with van der Waals surface area (Å²) >= 11 is 0. The topological polar surface area (TPSA) is 70.4 Å². The van der Waals surface area contributed by atoms with Gasteiger partial charge in [-0.05, 0) is 56.8 Å². The zero-order valence-electron chi connectivity index (χ0n) is 15.6. The number of likely N-dealkylation sites (tertiary alicyclic amines) is 1. The summed E-state index contributed by atoms with van der Waals surface area (Å²) in [4.78, 5) is 15.7. The van der Waals surface area contributed by atoms with Crippen molar-refractivity contribution in [2.24, 2.45) is 0 Å². The number of rotatable bonds is 5. The van der Waals surface area contributed by atoms with Crippen molar-refractivity contribution in [3.8, 4) is 0 Å². The molecule has 2 aromatic rings. The second-order valence-electron chi connectivity index (χ2n) is 7.69. The summed E-state index contributed by atoms with van der Waals surface area (Å²) in [5, 5.41) is 18.5. The van der Waals surface area contributed by atoms with Gasteiger partial charge in [-0.2, -0.15) is 5.10 Å². The van der Waals surface area contributed by atoms with Crippen molar-refractivity contribution in [2.45, 2.75) is 49.8 Å². The van der Waals surface area contributed by atoms with E-state index in [1.165, 1.54) is 0 Å². The lowest BCUT2D eigenvalue weighted by molar-refractivity contribution is -0.144. The number of aromatic nitrogens is 2. The molecule has 3 heterocycles. The minimum absolute atomic E-state index is 0.0787. The molecule has 6 heteroatoms. The maximum absolute atomic E-state index is 13.7. The average molecular weight is 368 g/mol. The molecule has 0 aliphatic carbocycles. The molecule has 27 heavy (non-hydrogen) atoms. The smallest absolute Gasteiger partial charge is 0.250 e. The maximum Gasteiger partial charge on any atom is 0.250 e. The van der Waals surface area contributed by atoms with Crippen LogP contribution in [0.4, 0.5) is 0 Å². The molecule has 0 spiro atoms. The molecule has 0 saturated carbocycles. The number of hydrogen-bond acceptors (Lipinski definition) is 4. The van der Waals surface area contributed by atoms with E-state index in [0.717, 1.165) is 50.9 Å². The van der Waals surface area contributed by atoms with E-state index in [2.05, 4.69) is 10.4 Å². The molecule has 2 N–H and O–H groups in total. The molecule has 4 rings (SSSR count). The molecule has 0 bridgehead atoms. The molecule has 144 valence electrons. The van der Waals surface area contributed by atoms with Gasteiger partial charge in [-0.25, -0.2) is 0 Å². The molecule has 2 aliphatic heterocycles. The number of nitrogens with one attached hydrogen (secondary N) is 1. The van der Waals surface area contributed by atoms with Gasteiger partial charge < -0.3 is 15.3 Å². The van der Waals surface area contributed by atoms with Crippen LogP contribution in [0.25, 0.3) is 0 Å². The van der Waals surface area contributed by atoms with Gasteiger partial charge in [-0.1, -0.05) is 30.3 Å². The third-order valence-corrected chi connectivity index (χ3v) is 6.09. The Labute approximate surface area is 160 Å². The van der Waals surface area contributed by atoms with E-state index in [1.807, 2.05) is 52.2 Å². The third-order valence-electron chi connectivity index (χ3n) is 6.09. The summed E-state index contributed by atoms with van der Waals surface area (Å²) in [7, 11) is 0. The second-order valence-corrected chi connectivity index (χ2v) is 7.69. The third kappa shape index (κ3) is 3.51. The van der Waals surface area contributed by atoms with E-state index in [9.17, 15) is 9.90 Å². The Bertz CT molecular complexity index is 741. The number of aliphatic hydroxyl groups excluding tert-OH is 1. The summed E-state index contributed by atoms with van der Waals surface area (Å²) in [5.41, 5.74) is 0.315. The van der Waals surface area contributed by atoms with Gasteiger partial charge in [-0.3, -0.25) is 9.48 Å². The zero-order valence-corrected chi connectivity index (χ0v) is 15.6. The standard InChI is InChI=1S/C21H28N4O2/c26-19(17-6-2-1-3-7-17)16-18-8-4-14-24(18)20(27)21(9-12-22-13-10-21)25-15-5-11-23-25/h1-3,5-7,11,15,18-19,22,26H,4,8-10,12-14,16H2. The lowest BCUT2D eigenvalue weighted by atomic mass is 9.86. The van der Waals surface area contributed by atoms with Crippen LogP contribution in [-0.2, 0) is 10.3 Å². The number of amides is 1.